The van der Waals surface area contributed by atoms with Crippen molar-refractivity contribution in [3.63, 3.8) is 0 Å². The molecule has 4 aromatic rings. The molecule has 0 amide bonds. The van der Waals surface area contributed by atoms with Gasteiger partial charge >= 0.3 is 0 Å². The van der Waals surface area contributed by atoms with E-state index >= 15 is 0 Å². The van der Waals surface area contributed by atoms with E-state index in [0.717, 1.165) is 32.0 Å². The summed E-state index contributed by atoms with van der Waals surface area (Å²) in [6.45, 7) is 0. The molecule has 0 aliphatic carbocycles. The van der Waals surface area contributed by atoms with Crippen molar-refractivity contribution >= 4 is 46.1 Å². The summed E-state index contributed by atoms with van der Waals surface area (Å²) < 4.78 is 0. The maximum absolute atomic E-state index is 9.72. The molecule has 29 heavy (non-hydrogen) atoms. The van der Waals surface area contributed by atoms with Gasteiger partial charge in [-0.05, 0) is 60.7 Å². The Morgan fingerprint density at radius 1 is 0.517 bits per heavy atom. The second-order valence-corrected chi connectivity index (χ2v) is 8.62. The molecule has 3 N–H and O–H groups in total. The van der Waals surface area contributed by atoms with E-state index in [9.17, 15) is 15.3 Å². The maximum Gasteiger partial charge on any atom is 0.117 e. The van der Waals surface area contributed by atoms with Gasteiger partial charge in [0.15, 0.2) is 0 Å². The number of thiophene rings is 1. The quantitative estimate of drug-likeness (QED) is 0.290. The van der Waals surface area contributed by atoms with Gasteiger partial charge in [0.25, 0.3) is 0 Å². The highest BCUT2D eigenvalue weighted by Gasteiger charge is 2.19. The Balaban J connectivity index is 1.98. The molecular formula is C22H13Cl3O3S. The Kier molecular flexibility index (Phi) is 5.36. The van der Waals surface area contributed by atoms with Crippen molar-refractivity contribution in [2.24, 2.45) is 0 Å². The van der Waals surface area contributed by atoms with E-state index in [4.69, 9.17) is 34.8 Å². The Bertz CT molecular complexity index is 1170. The topological polar surface area (TPSA) is 60.7 Å². The first-order valence-corrected chi connectivity index (χ1v) is 10.4. The van der Waals surface area contributed by atoms with Crippen LogP contribution in [0.3, 0.4) is 0 Å². The summed E-state index contributed by atoms with van der Waals surface area (Å²) in [5.41, 5.74) is 3.02. The minimum atomic E-state index is 0.0694. The third-order valence-corrected chi connectivity index (χ3v) is 6.53. The summed E-state index contributed by atoms with van der Waals surface area (Å²) in [7, 11) is 0. The van der Waals surface area contributed by atoms with E-state index in [0.29, 0.717) is 15.1 Å². The maximum atomic E-state index is 9.72. The van der Waals surface area contributed by atoms with Crippen LogP contribution in [0.5, 0.6) is 17.2 Å². The lowest BCUT2D eigenvalue weighted by Gasteiger charge is -2.08. The van der Waals surface area contributed by atoms with Crippen molar-refractivity contribution in [2.75, 3.05) is 0 Å². The average molecular weight is 464 g/mol. The lowest BCUT2D eigenvalue weighted by atomic mass is 10.0. The van der Waals surface area contributed by atoms with Crippen LogP contribution in [0.4, 0.5) is 0 Å². The SMILES string of the molecule is Oc1ccc(-c2cc(-c3ccc(O)cc3Cl)c(-c3ccc(O)cc3Cl)s2)c(Cl)c1. The lowest BCUT2D eigenvalue weighted by Crippen LogP contribution is -1.82. The second-order valence-electron chi connectivity index (χ2n) is 6.35. The third-order valence-electron chi connectivity index (χ3n) is 4.39. The van der Waals surface area contributed by atoms with E-state index in [1.54, 1.807) is 36.4 Å². The zero-order chi connectivity index (χ0) is 20.7. The van der Waals surface area contributed by atoms with Crippen molar-refractivity contribution in [1.29, 1.82) is 0 Å². The molecule has 7 heteroatoms. The van der Waals surface area contributed by atoms with Gasteiger partial charge < -0.3 is 15.3 Å². The van der Waals surface area contributed by atoms with E-state index in [1.807, 2.05) is 6.07 Å². The molecule has 0 unspecified atom stereocenters. The Hall–Kier alpha value is -2.37. The van der Waals surface area contributed by atoms with Crippen LogP contribution in [-0.4, -0.2) is 15.3 Å². The zero-order valence-electron chi connectivity index (χ0n) is 14.7. The Morgan fingerprint density at radius 3 is 1.45 bits per heavy atom. The minimum absolute atomic E-state index is 0.0694. The molecule has 3 nitrogen and oxygen atoms in total. The van der Waals surface area contributed by atoms with Gasteiger partial charge in [0, 0.05) is 32.0 Å². The molecule has 0 bridgehead atoms. The summed E-state index contributed by atoms with van der Waals surface area (Å²) in [5.74, 6) is 0.222. The van der Waals surface area contributed by atoms with Crippen molar-refractivity contribution in [3.8, 4) is 49.3 Å². The number of phenols is 3. The van der Waals surface area contributed by atoms with Gasteiger partial charge in [0.1, 0.15) is 17.2 Å². The Labute approximate surface area is 186 Å². The molecule has 3 aromatic carbocycles. The van der Waals surface area contributed by atoms with Gasteiger partial charge in [-0.15, -0.1) is 11.3 Å². The van der Waals surface area contributed by atoms with Gasteiger partial charge in [-0.25, -0.2) is 0 Å². The molecule has 0 saturated carbocycles. The van der Waals surface area contributed by atoms with Crippen molar-refractivity contribution in [2.45, 2.75) is 0 Å². The normalized spacial score (nSPS) is 11.0. The molecule has 1 aromatic heterocycles. The number of halogens is 3. The highest BCUT2D eigenvalue weighted by Crippen LogP contribution is 2.48. The smallest absolute Gasteiger partial charge is 0.117 e. The van der Waals surface area contributed by atoms with Crippen LogP contribution in [0.2, 0.25) is 15.1 Å². The molecule has 0 radical (unpaired) electrons. The van der Waals surface area contributed by atoms with Crippen molar-refractivity contribution in [1.82, 2.24) is 0 Å². The molecule has 0 fully saturated rings. The zero-order valence-corrected chi connectivity index (χ0v) is 17.7. The number of aromatic hydroxyl groups is 3. The van der Waals surface area contributed by atoms with Crippen LogP contribution in [0.1, 0.15) is 0 Å². The highest BCUT2D eigenvalue weighted by molar-refractivity contribution is 7.19. The van der Waals surface area contributed by atoms with Gasteiger partial charge in [0.2, 0.25) is 0 Å². The molecular weight excluding hydrogens is 451 g/mol. The van der Waals surface area contributed by atoms with Crippen LogP contribution in [-0.2, 0) is 0 Å². The molecule has 146 valence electrons. The van der Waals surface area contributed by atoms with Gasteiger partial charge in [-0.1, -0.05) is 34.8 Å². The number of benzene rings is 3. The summed E-state index contributed by atoms with van der Waals surface area (Å²) in [6.07, 6.45) is 0. The highest BCUT2D eigenvalue weighted by atomic mass is 35.5. The second kappa shape index (κ2) is 7.81. The Morgan fingerprint density at radius 2 is 0.966 bits per heavy atom. The van der Waals surface area contributed by atoms with E-state index < -0.39 is 0 Å². The standard InChI is InChI=1S/C22H13Cl3O3S/c23-18-7-11(26)1-4-14(18)17-10-21(15-5-2-12(27)8-19(15)24)29-22(17)16-6-3-13(28)9-20(16)25/h1-10,26-28H. The van der Waals surface area contributed by atoms with E-state index in [-0.39, 0.29) is 17.2 Å². The summed E-state index contributed by atoms with van der Waals surface area (Å²) in [6, 6.07) is 16.3. The largest absolute Gasteiger partial charge is 0.508 e. The predicted octanol–water partition coefficient (Wildman–Crippen LogP) is 7.83. The van der Waals surface area contributed by atoms with Crippen molar-refractivity contribution < 1.29 is 15.3 Å². The average Bonchev–Trinajstić information content (AvgIpc) is 3.06. The third kappa shape index (κ3) is 3.89. The lowest BCUT2D eigenvalue weighted by molar-refractivity contribution is 0.475. The number of rotatable bonds is 3. The fourth-order valence-corrected chi connectivity index (χ4v) is 5.22. The van der Waals surface area contributed by atoms with E-state index in [1.165, 1.54) is 29.5 Å². The summed E-state index contributed by atoms with van der Waals surface area (Å²) >= 11 is 20.6. The van der Waals surface area contributed by atoms with Crippen LogP contribution < -0.4 is 0 Å². The molecule has 0 atom stereocenters. The van der Waals surface area contributed by atoms with E-state index in [2.05, 4.69) is 0 Å². The fraction of sp³-hybridized carbons (Fsp3) is 0. The first-order chi connectivity index (χ1) is 13.8. The minimum Gasteiger partial charge on any atom is -0.508 e. The van der Waals surface area contributed by atoms with Crippen LogP contribution in [0.15, 0.2) is 60.7 Å². The number of hydrogen-bond donors (Lipinski definition) is 3. The first kappa shape index (κ1) is 19.9. The molecule has 0 saturated heterocycles. The molecule has 0 aliphatic rings. The predicted molar refractivity (Wildman–Crippen MR) is 121 cm³/mol. The van der Waals surface area contributed by atoms with Crippen LogP contribution >= 0.6 is 46.1 Å². The monoisotopic (exact) mass is 462 g/mol. The molecule has 4 rings (SSSR count). The first-order valence-electron chi connectivity index (χ1n) is 8.44. The van der Waals surface area contributed by atoms with Crippen LogP contribution in [0, 0.1) is 0 Å². The summed E-state index contributed by atoms with van der Waals surface area (Å²) in [5, 5.41) is 30.3. The van der Waals surface area contributed by atoms with Gasteiger partial charge in [-0.3, -0.25) is 0 Å². The number of hydrogen-bond acceptors (Lipinski definition) is 4. The molecule has 0 spiro atoms. The summed E-state index contributed by atoms with van der Waals surface area (Å²) in [4.78, 5) is 1.69. The molecule has 1 heterocycles. The fourth-order valence-electron chi connectivity index (χ4n) is 3.04. The van der Waals surface area contributed by atoms with Crippen molar-refractivity contribution in [3.05, 3.63) is 75.7 Å². The van der Waals surface area contributed by atoms with Crippen LogP contribution in [0.25, 0.3) is 32.0 Å². The van der Waals surface area contributed by atoms with Gasteiger partial charge in [-0.2, -0.15) is 0 Å². The number of phenolic OH excluding ortho intramolecular Hbond substituents is 3. The molecule has 0 aliphatic heterocycles. The van der Waals surface area contributed by atoms with Gasteiger partial charge in [0.05, 0.1) is 15.1 Å².